The van der Waals surface area contributed by atoms with E-state index in [1.807, 2.05) is 0 Å². The topological polar surface area (TPSA) is 56.0 Å². The van der Waals surface area contributed by atoms with Crippen molar-refractivity contribution in [2.45, 2.75) is 12.5 Å². The lowest BCUT2D eigenvalue weighted by atomic mass is 10.2. The number of rotatable bonds is 7. The van der Waals surface area contributed by atoms with Crippen LogP contribution >= 0.6 is 0 Å². The zero-order valence-corrected chi connectivity index (χ0v) is 11.3. The molecule has 0 aromatic rings. The molecule has 1 aliphatic heterocycles. The van der Waals surface area contributed by atoms with Crippen molar-refractivity contribution in [2.24, 2.45) is 5.73 Å². The van der Waals surface area contributed by atoms with Gasteiger partial charge in [0.1, 0.15) is 0 Å². The largest absolute Gasteiger partial charge is 0.392 e. The predicted molar refractivity (Wildman–Crippen MR) is 71.1 cm³/mol. The summed E-state index contributed by atoms with van der Waals surface area (Å²) < 4.78 is 0. The Kier molecular flexibility index (Phi) is 6.99. The van der Waals surface area contributed by atoms with Gasteiger partial charge in [-0.15, -0.1) is 0 Å². The zero-order chi connectivity index (χ0) is 12.7. The minimum Gasteiger partial charge on any atom is -0.392 e. The Morgan fingerprint density at radius 2 is 1.65 bits per heavy atom. The molecule has 1 atom stereocenters. The van der Waals surface area contributed by atoms with Crippen LogP contribution in [-0.2, 0) is 0 Å². The predicted octanol–water partition coefficient (Wildman–Crippen LogP) is -1.12. The molecule has 1 unspecified atom stereocenters. The summed E-state index contributed by atoms with van der Waals surface area (Å²) in [5, 5.41) is 9.42. The molecule has 102 valence electrons. The van der Waals surface area contributed by atoms with E-state index in [9.17, 15) is 5.11 Å². The molecule has 5 heteroatoms. The number of hydrogen-bond donors (Lipinski definition) is 2. The number of nitrogens with two attached hydrogens (primary N) is 1. The van der Waals surface area contributed by atoms with Gasteiger partial charge >= 0.3 is 0 Å². The Balaban J connectivity index is 2.09. The van der Waals surface area contributed by atoms with Crippen LogP contribution in [0.5, 0.6) is 0 Å². The first-order valence-corrected chi connectivity index (χ1v) is 6.59. The maximum atomic E-state index is 9.42. The molecule has 1 rings (SSSR count). The van der Waals surface area contributed by atoms with E-state index in [-0.39, 0.29) is 6.10 Å². The number of nitrogens with zero attached hydrogens (tertiary/aromatic N) is 3. The Morgan fingerprint density at radius 1 is 1.12 bits per heavy atom. The summed E-state index contributed by atoms with van der Waals surface area (Å²) in [5.41, 5.74) is 5.40. The van der Waals surface area contributed by atoms with Gasteiger partial charge < -0.3 is 20.6 Å². The second kappa shape index (κ2) is 8.00. The van der Waals surface area contributed by atoms with E-state index in [4.69, 9.17) is 5.73 Å². The molecule has 0 aromatic carbocycles. The van der Waals surface area contributed by atoms with Crippen molar-refractivity contribution in [1.82, 2.24) is 14.7 Å². The quantitative estimate of drug-likeness (QED) is 0.594. The number of hydrogen-bond acceptors (Lipinski definition) is 5. The van der Waals surface area contributed by atoms with Crippen LogP contribution in [0.1, 0.15) is 6.42 Å². The number of likely N-dealkylation sites (N-methyl/N-ethyl adjacent to an activating group) is 1. The van der Waals surface area contributed by atoms with Crippen LogP contribution in [0.15, 0.2) is 0 Å². The van der Waals surface area contributed by atoms with Gasteiger partial charge in [0.15, 0.2) is 0 Å². The molecule has 0 amide bonds. The summed E-state index contributed by atoms with van der Waals surface area (Å²) in [6.45, 7) is 8.16. The summed E-state index contributed by atoms with van der Waals surface area (Å²) in [7, 11) is 4.23. The Morgan fingerprint density at radius 3 is 2.12 bits per heavy atom. The number of aliphatic hydroxyl groups is 1. The highest BCUT2D eigenvalue weighted by Crippen LogP contribution is 2.03. The van der Waals surface area contributed by atoms with Crippen molar-refractivity contribution in [1.29, 1.82) is 0 Å². The van der Waals surface area contributed by atoms with Crippen molar-refractivity contribution >= 4 is 0 Å². The maximum Gasteiger partial charge on any atom is 0.0674 e. The van der Waals surface area contributed by atoms with Gasteiger partial charge in [-0.2, -0.15) is 0 Å². The zero-order valence-electron chi connectivity index (χ0n) is 11.3. The number of aliphatic hydroxyl groups excluding tert-OH is 1. The highest BCUT2D eigenvalue weighted by molar-refractivity contribution is 4.73. The third-order valence-electron chi connectivity index (χ3n) is 3.38. The number of piperazine rings is 1. The molecule has 3 N–H and O–H groups in total. The van der Waals surface area contributed by atoms with Gasteiger partial charge in [0.25, 0.3) is 0 Å². The lowest BCUT2D eigenvalue weighted by molar-refractivity contribution is 0.101. The minimum atomic E-state index is -0.332. The second-order valence-corrected chi connectivity index (χ2v) is 5.16. The Bertz CT molecular complexity index is 193. The van der Waals surface area contributed by atoms with Crippen LogP contribution in [0.2, 0.25) is 0 Å². The highest BCUT2D eigenvalue weighted by Gasteiger charge is 2.16. The lowest BCUT2D eigenvalue weighted by Crippen LogP contribution is -2.48. The van der Waals surface area contributed by atoms with Crippen LogP contribution in [-0.4, -0.2) is 92.4 Å². The molecule has 1 aliphatic rings. The summed E-state index contributed by atoms with van der Waals surface area (Å²) >= 11 is 0. The summed E-state index contributed by atoms with van der Waals surface area (Å²) in [6.07, 6.45) is 0.468. The molecule has 0 saturated carbocycles. The van der Waals surface area contributed by atoms with E-state index in [0.29, 0.717) is 6.54 Å². The molecular weight excluding hydrogens is 216 g/mol. The van der Waals surface area contributed by atoms with E-state index in [2.05, 4.69) is 28.8 Å². The van der Waals surface area contributed by atoms with Gasteiger partial charge in [-0.05, 0) is 20.5 Å². The van der Waals surface area contributed by atoms with E-state index in [0.717, 1.165) is 52.2 Å². The van der Waals surface area contributed by atoms with Gasteiger partial charge in [-0.1, -0.05) is 0 Å². The monoisotopic (exact) mass is 244 g/mol. The van der Waals surface area contributed by atoms with Crippen LogP contribution in [0.4, 0.5) is 0 Å². The molecule has 1 fully saturated rings. The van der Waals surface area contributed by atoms with E-state index in [1.54, 1.807) is 0 Å². The van der Waals surface area contributed by atoms with Gasteiger partial charge in [-0.25, -0.2) is 0 Å². The van der Waals surface area contributed by atoms with Crippen LogP contribution in [0, 0.1) is 0 Å². The van der Waals surface area contributed by atoms with Crippen LogP contribution < -0.4 is 5.73 Å². The Hall–Kier alpha value is -0.200. The van der Waals surface area contributed by atoms with Crippen molar-refractivity contribution in [3.05, 3.63) is 0 Å². The molecule has 0 aromatic heterocycles. The Labute approximate surface area is 105 Å². The summed E-state index contributed by atoms with van der Waals surface area (Å²) in [4.78, 5) is 7.16. The van der Waals surface area contributed by atoms with E-state index < -0.39 is 0 Å². The highest BCUT2D eigenvalue weighted by atomic mass is 16.3. The van der Waals surface area contributed by atoms with Gasteiger partial charge in [-0.3, -0.25) is 4.90 Å². The van der Waals surface area contributed by atoms with Gasteiger partial charge in [0, 0.05) is 52.4 Å². The summed E-state index contributed by atoms with van der Waals surface area (Å²) in [5.74, 6) is 0. The fraction of sp³-hybridized carbons (Fsp3) is 1.00. The van der Waals surface area contributed by atoms with Crippen molar-refractivity contribution in [3.63, 3.8) is 0 Å². The normalized spacial score (nSPS) is 21.0. The molecule has 17 heavy (non-hydrogen) atoms. The van der Waals surface area contributed by atoms with E-state index >= 15 is 0 Å². The third-order valence-corrected chi connectivity index (χ3v) is 3.38. The molecule has 1 saturated heterocycles. The van der Waals surface area contributed by atoms with Crippen molar-refractivity contribution in [2.75, 3.05) is 66.5 Å². The molecule has 0 radical (unpaired) electrons. The smallest absolute Gasteiger partial charge is 0.0674 e. The van der Waals surface area contributed by atoms with Gasteiger partial charge in [0.2, 0.25) is 0 Å². The maximum absolute atomic E-state index is 9.42. The first kappa shape index (κ1) is 14.9. The van der Waals surface area contributed by atoms with E-state index in [1.165, 1.54) is 0 Å². The molecule has 5 nitrogen and oxygen atoms in total. The molecular formula is C12H28N4O. The van der Waals surface area contributed by atoms with Crippen LogP contribution in [0.25, 0.3) is 0 Å². The minimum absolute atomic E-state index is 0.332. The second-order valence-electron chi connectivity index (χ2n) is 5.16. The van der Waals surface area contributed by atoms with Gasteiger partial charge in [0.05, 0.1) is 6.10 Å². The third kappa shape index (κ3) is 6.33. The summed E-state index contributed by atoms with van der Waals surface area (Å²) in [6, 6.07) is 0. The van der Waals surface area contributed by atoms with Crippen molar-refractivity contribution in [3.8, 4) is 0 Å². The average Bonchev–Trinajstić information content (AvgIpc) is 2.34. The van der Waals surface area contributed by atoms with Crippen LogP contribution in [0.3, 0.4) is 0 Å². The first-order chi connectivity index (χ1) is 8.11. The lowest BCUT2D eigenvalue weighted by Gasteiger charge is -2.35. The molecule has 1 heterocycles. The fourth-order valence-corrected chi connectivity index (χ4v) is 2.03. The SMILES string of the molecule is CN(C)CCN1CCN(CCC(O)CN)CC1. The fourth-order valence-electron chi connectivity index (χ4n) is 2.03. The molecule has 0 spiro atoms. The first-order valence-electron chi connectivity index (χ1n) is 6.59. The van der Waals surface area contributed by atoms with Crippen molar-refractivity contribution < 1.29 is 5.11 Å². The standard InChI is InChI=1S/C12H28N4O/c1-14(2)5-6-16-9-7-15(8-10-16)4-3-12(17)11-13/h12,17H,3-11,13H2,1-2H3. The molecule has 0 aliphatic carbocycles. The average molecular weight is 244 g/mol. The molecule has 0 bridgehead atoms.